The quantitative estimate of drug-likeness (QED) is 0.455. The summed E-state index contributed by atoms with van der Waals surface area (Å²) < 4.78 is 5.18. The van der Waals surface area contributed by atoms with Crippen molar-refractivity contribution in [3.8, 4) is 0 Å². The molecule has 7 heteroatoms. The van der Waals surface area contributed by atoms with E-state index in [1.807, 2.05) is 6.92 Å². The van der Waals surface area contributed by atoms with Crippen molar-refractivity contribution in [2.24, 2.45) is 0 Å². The Morgan fingerprint density at radius 3 is 2.41 bits per heavy atom. The monoisotopic (exact) mass is 315 g/mol. The van der Waals surface area contributed by atoms with Crippen LogP contribution in [-0.4, -0.2) is 82.6 Å². The highest BCUT2D eigenvalue weighted by atomic mass is 79.9. The van der Waals surface area contributed by atoms with Crippen LogP contribution in [-0.2, 0) is 4.74 Å². The van der Waals surface area contributed by atoms with Gasteiger partial charge >= 0.3 is 0 Å². The Morgan fingerprint density at radius 1 is 1.24 bits per heavy atom. The van der Waals surface area contributed by atoms with Crippen LogP contribution in [0.5, 0.6) is 0 Å². The van der Waals surface area contributed by atoms with Gasteiger partial charge in [0.25, 0.3) is 0 Å². The van der Waals surface area contributed by atoms with Gasteiger partial charge in [0, 0.05) is 19.7 Å². The summed E-state index contributed by atoms with van der Waals surface area (Å²) in [5, 5.41) is 37.8. The minimum Gasteiger partial charge on any atom is -0.395 e. The molecule has 0 aliphatic carbocycles. The van der Waals surface area contributed by atoms with Gasteiger partial charge in [-0.05, 0) is 6.92 Å². The summed E-state index contributed by atoms with van der Waals surface area (Å²) in [4.78, 5) is 1.73. The maximum absolute atomic E-state index is 9.68. The number of aliphatic hydroxyl groups is 4. The fourth-order valence-electron chi connectivity index (χ4n) is 1.96. The molecule has 1 fully saturated rings. The zero-order valence-electron chi connectivity index (χ0n) is 9.90. The highest BCUT2D eigenvalue weighted by molar-refractivity contribution is 8.93. The van der Waals surface area contributed by atoms with E-state index in [-0.39, 0.29) is 30.1 Å². The second-order valence-electron chi connectivity index (χ2n) is 3.99. The third-order valence-corrected chi connectivity index (χ3v) is 2.94. The standard InChI is InChI=1S/C10H21NO5.BrH/c1-2-16-4-3-11-5-8(13)10(15)9(14)7(11)6-12;/h7-10,12-15H,2-6H2,1H3;1H. The van der Waals surface area contributed by atoms with Crippen LogP contribution in [0, 0.1) is 0 Å². The van der Waals surface area contributed by atoms with Crippen LogP contribution in [0.25, 0.3) is 0 Å². The molecule has 0 aromatic carbocycles. The topological polar surface area (TPSA) is 93.4 Å². The smallest absolute Gasteiger partial charge is 0.109 e. The number of aliphatic hydroxyl groups excluding tert-OH is 4. The molecular formula is C10H22BrNO5. The minimum atomic E-state index is -1.19. The summed E-state index contributed by atoms with van der Waals surface area (Å²) in [7, 11) is 0. The number of piperidine rings is 1. The number of nitrogens with zero attached hydrogens (tertiary/aromatic N) is 1. The minimum absolute atomic E-state index is 0. The first-order valence-electron chi connectivity index (χ1n) is 5.58. The number of halogens is 1. The summed E-state index contributed by atoms with van der Waals surface area (Å²) in [6.07, 6.45) is -3.31. The molecule has 4 unspecified atom stereocenters. The molecule has 0 bridgehead atoms. The Bertz CT molecular complexity index is 209. The molecule has 1 rings (SSSR count). The number of hydrogen-bond acceptors (Lipinski definition) is 6. The largest absolute Gasteiger partial charge is 0.395 e. The van der Waals surface area contributed by atoms with Crippen LogP contribution in [0.4, 0.5) is 0 Å². The maximum Gasteiger partial charge on any atom is 0.109 e. The van der Waals surface area contributed by atoms with Crippen LogP contribution in [0.1, 0.15) is 6.92 Å². The lowest BCUT2D eigenvalue weighted by molar-refractivity contribution is -0.147. The van der Waals surface area contributed by atoms with Crippen LogP contribution in [0.3, 0.4) is 0 Å². The van der Waals surface area contributed by atoms with Gasteiger partial charge < -0.3 is 25.2 Å². The first kappa shape index (κ1) is 17.2. The molecule has 4 atom stereocenters. The lowest BCUT2D eigenvalue weighted by Crippen LogP contribution is -2.62. The Balaban J connectivity index is 0.00000256. The molecule has 104 valence electrons. The molecule has 0 saturated carbocycles. The first-order chi connectivity index (χ1) is 7.61. The van der Waals surface area contributed by atoms with E-state index in [9.17, 15) is 15.3 Å². The summed E-state index contributed by atoms with van der Waals surface area (Å²) in [6, 6.07) is -0.543. The molecule has 0 aromatic rings. The van der Waals surface area contributed by atoms with Crippen LogP contribution < -0.4 is 0 Å². The normalized spacial score (nSPS) is 34.4. The molecular weight excluding hydrogens is 294 g/mol. The maximum atomic E-state index is 9.68. The average Bonchev–Trinajstić information content (AvgIpc) is 2.27. The van der Waals surface area contributed by atoms with Gasteiger partial charge in [0.2, 0.25) is 0 Å². The van der Waals surface area contributed by atoms with E-state index in [1.165, 1.54) is 0 Å². The fourth-order valence-corrected chi connectivity index (χ4v) is 1.96. The molecule has 1 aliphatic rings. The Labute approximate surface area is 112 Å². The molecule has 4 N–H and O–H groups in total. The van der Waals surface area contributed by atoms with Crippen LogP contribution in [0.2, 0.25) is 0 Å². The summed E-state index contributed by atoms with van der Waals surface area (Å²) >= 11 is 0. The average molecular weight is 316 g/mol. The van der Waals surface area contributed by atoms with E-state index in [1.54, 1.807) is 4.90 Å². The van der Waals surface area contributed by atoms with E-state index in [0.29, 0.717) is 19.8 Å². The van der Waals surface area contributed by atoms with Crippen LogP contribution in [0.15, 0.2) is 0 Å². The van der Waals surface area contributed by atoms with Gasteiger partial charge in [0.15, 0.2) is 0 Å². The number of likely N-dealkylation sites (tertiary alicyclic amines) is 1. The van der Waals surface area contributed by atoms with Crippen LogP contribution >= 0.6 is 17.0 Å². The summed E-state index contributed by atoms with van der Waals surface area (Å²) in [5.74, 6) is 0. The molecule has 17 heavy (non-hydrogen) atoms. The summed E-state index contributed by atoms with van der Waals surface area (Å²) in [5.41, 5.74) is 0. The molecule has 0 aromatic heterocycles. The molecule has 1 heterocycles. The predicted molar refractivity (Wildman–Crippen MR) is 67.3 cm³/mol. The van der Waals surface area contributed by atoms with Crippen molar-refractivity contribution in [1.29, 1.82) is 0 Å². The number of hydrogen-bond donors (Lipinski definition) is 4. The van der Waals surface area contributed by atoms with E-state index in [0.717, 1.165) is 0 Å². The number of β-amino-alcohol motifs (C(OH)–C–C–N with tert-alkyl or cyclic N) is 1. The third-order valence-electron chi connectivity index (χ3n) is 2.94. The van der Waals surface area contributed by atoms with Gasteiger partial charge in [0.1, 0.15) is 12.2 Å². The van der Waals surface area contributed by atoms with Crippen molar-refractivity contribution in [3.05, 3.63) is 0 Å². The van der Waals surface area contributed by atoms with E-state index in [2.05, 4.69) is 0 Å². The van der Waals surface area contributed by atoms with E-state index in [4.69, 9.17) is 9.84 Å². The number of ether oxygens (including phenoxy) is 1. The third kappa shape index (κ3) is 4.44. The van der Waals surface area contributed by atoms with Gasteiger partial charge in [-0.2, -0.15) is 0 Å². The SMILES string of the molecule is Br.CCOCCN1CC(O)C(O)C(O)C1CO. The van der Waals surface area contributed by atoms with Crippen molar-refractivity contribution in [1.82, 2.24) is 4.90 Å². The second-order valence-corrected chi connectivity index (χ2v) is 3.99. The first-order valence-corrected chi connectivity index (χ1v) is 5.58. The van der Waals surface area contributed by atoms with Gasteiger partial charge in [-0.25, -0.2) is 0 Å². The Morgan fingerprint density at radius 2 is 1.88 bits per heavy atom. The zero-order valence-corrected chi connectivity index (χ0v) is 11.6. The molecule has 0 amide bonds. The van der Waals surface area contributed by atoms with Gasteiger partial charge in [-0.1, -0.05) is 0 Å². The van der Waals surface area contributed by atoms with E-state index < -0.39 is 24.4 Å². The van der Waals surface area contributed by atoms with E-state index >= 15 is 0 Å². The summed E-state index contributed by atoms with van der Waals surface area (Å²) in [6.45, 7) is 3.45. The molecule has 6 nitrogen and oxygen atoms in total. The zero-order chi connectivity index (χ0) is 12.1. The Hall–Kier alpha value is 0.240. The fraction of sp³-hybridized carbons (Fsp3) is 1.00. The second kappa shape index (κ2) is 8.36. The van der Waals surface area contributed by atoms with Crippen molar-refractivity contribution in [3.63, 3.8) is 0 Å². The molecule has 0 radical (unpaired) electrons. The highest BCUT2D eigenvalue weighted by Crippen LogP contribution is 2.18. The molecule has 1 aliphatic heterocycles. The number of rotatable bonds is 5. The Kier molecular flexibility index (Phi) is 8.48. The van der Waals surface area contributed by atoms with Gasteiger partial charge in [-0.3, -0.25) is 4.90 Å². The lowest BCUT2D eigenvalue weighted by Gasteiger charge is -2.42. The molecule has 0 spiro atoms. The van der Waals surface area contributed by atoms with Crippen molar-refractivity contribution in [2.75, 3.05) is 32.9 Å². The van der Waals surface area contributed by atoms with Crippen molar-refractivity contribution >= 4 is 17.0 Å². The lowest BCUT2D eigenvalue weighted by atomic mass is 9.94. The molecule has 1 saturated heterocycles. The van der Waals surface area contributed by atoms with Crippen molar-refractivity contribution < 1.29 is 25.2 Å². The highest BCUT2D eigenvalue weighted by Gasteiger charge is 2.40. The van der Waals surface area contributed by atoms with Gasteiger partial charge in [0.05, 0.1) is 25.4 Å². The predicted octanol–water partition coefficient (Wildman–Crippen LogP) is -1.64. The van der Waals surface area contributed by atoms with Gasteiger partial charge in [-0.15, -0.1) is 17.0 Å². The van der Waals surface area contributed by atoms with Crippen molar-refractivity contribution in [2.45, 2.75) is 31.3 Å².